The molecule has 2 nitrogen and oxygen atoms in total. The first-order chi connectivity index (χ1) is 5.74. The maximum Gasteiger partial charge on any atom is 0.232 e. The molecule has 1 heterocycles. The third-order valence-corrected chi connectivity index (χ3v) is 3.27. The second-order valence-corrected chi connectivity index (χ2v) is 5.17. The molecule has 0 saturated carbocycles. The van der Waals surface area contributed by atoms with E-state index in [2.05, 4.69) is 15.9 Å². The molecule has 1 saturated heterocycles. The molecule has 0 aromatic heterocycles. The standard InChI is InChI=1S/C8H14BrNOS/c1-12-6-8(11)10-4-2-3-7(9)5-10/h7H,2-6H2,1H3. The van der Waals surface area contributed by atoms with E-state index in [-0.39, 0.29) is 5.91 Å². The monoisotopic (exact) mass is 251 g/mol. The molecule has 70 valence electrons. The largest absolute Gasteiger partial charge is 0.341 e. The van der Waals surface area contributed by atoms with Gasteiger partial charge in [-0.3, -0.25) is 4.79 Å². The van der Waals surface area contributed by atoms with Crippen molar-refractivity contribution >= 4 is 33.6 Å². The highest BCUT2D eigenvalue weighted by atomic mass is 79.9. The summed E-state index contributed by atoms with van der Waals surface area (Å²) in [7, 11) is 0. The van der Waals surface area contributed by atoms with Gasteiger partial charge in [0, 0.05) is 17.9 Å². The van der Waals surface area contributed by atoms with E-state index < -0.39 is 0 Å². The molecule has 0 radical (unpaired) electrons. The number of amides is 1. The molecule has 1 amide bonds. The highest BCUT2D eigenvalue weighted by Gasteiger charge is 2.20. The summed E-state index contributed by atoms with van der Waals surface area (Å²) in [6.07, 6.45) is 4.30. The highest BCUT2D eigenvalue weighted by molar-refractivity contribution is 9.09. The van der Waals surface area contributed by atoms with Crippen molar-refractivity contribution in [3.05, 3.63) is 0 Å². The van der Waals surface area contributed by atoms with Crippen LogP contribution in [0.4, 0.5) is 0 Å². The van der Waals surface area contributed by atoms with Gasteiger partial charge in [-0.25, -0.2) is 0 Å². The lowest BCUT2D eigenvalue weighted by Crippen LogP contribution is -2.41. The zero-order chi connectivity index (χ0) is 8.97. The van der Waals surface area contributed by atoms with Crippen molar-refractivity contribution in [1.82, 2.24) is 4.90 Å². The van der Waals surface area contributed by atoms with Gasteiger partial charge in [0.05, 0.1) is 5.75 Å². The average Bonchev–Trinajstić information content (AvgIpc) is 2.05. The number of hydrogen-bond acceptors (Lipinski definition) is 2. The van der Waals surface area contributed by atoms with Crippen molar-refractivity contribution < 1.29 is 4.79 Å². The van der Waals surface area contributed by atoms with Crippen molar-refractivity contribution in [2.45, 2.75) is 17.7 Å². The van der Waals surface area contributed by atoms with E-state index in [1.54, 1.807) is 11.8 Å². The summed E-state index contributed by atoms with van der Waals surface area (Å²) in [6.45, 7) is 1.83. The van der Waals surface area contributed by atoms with E-state index in [0.29, 0.717) is 10.6 Å². The third-order valence-electron chi connectivity index (χ3n) is 1.98. The molecule has 4 heteroatoms. The van der Waals surface area contributed by atoms with Gasteiger partial charge in [-0.2, -0.15) is 11.8 Å². The van der Waals surface area contributed by atoms with Crippen LogP contribution in [0.1, 0.15) is 12.8 Å². The van der Waals surface area contributed by atoms with Crippen LogP contribution >= 0.6 is 27.7 Å². The molecule has 0 aliphatic carbocycles. The summed E-state index contributed by atoms with van der Waals surface area (Å²) < 4.78 is 0. The van der Waals surface area contributed by atoms with Gasteiger partial charge in [0.2, 0.25) is 5.91 Å². The molecule has 1 rings (SSSR count). The Kier molecular flexibility index (Phi) is 4.43. The maximum atomic E-state index is 11.4. The molecule has 12 heavy (non-hydrogen) atoms. The number of halogens is 1. The zero-order valence-electron chi connectivity index (χ0n) is 7.25. The summed E-state index contributed by atoms with van der Waals surface area (Å²) in [4.78, 5) is 13.9. The Morgan fingerprint density at radius 3 is 3.08 bits per heavy atom. The van der Waals surface area contributed by atoms with Gasteiger partial charge in [-0.1, -0.05) is 15.9 Å². The summed E-state index contributed by atoms with van der Waals surface area (Å²) in [5.41, 5.74) is 0. The highest BCUT2D eigenvalue weighted by Crippen LogP contribution is 2.17. The number of carbonyl (C=O) groups excluding carboxylic acids is 1. The number of nitrogens with zero attached hydrogens (tertiary/aromatic N) is 1. The molecule has 0 aromatic rings. The third kappa shape index (κ3) is 2.98. The smallest absolute Gasteiger partial charge is 0.232 e. The van der Waals surface area contributed by atoms with Gasteiger partial charge in [-0.05, 0) is 19.1 Å². The minimum atomic E-state index is 0.284. The fourth-order valence-corrected chi connectivity index (χ4v) is 2.47. The van der Waals surface area contributed by atoms with Crippen LogP contribution in [-0.4, -0.2) is 40.7 Å². The van der Waals surface area contributed by atoms with Crippen LogP contribution in [0.25, 0.3) is 0 Å². The van der Waals surface area contributed by atoms with E-state index in [1.807, 2.05) is 11.2 Å². The second-order valence-electron chi connectivity index (χ2n) is 3.01. The summed E-state index contributed by atoms with van der Waals surface area (Å²) in [5.74, 6) is 0.909. The fourth-order valence-electron chi connectivity index (χ4n) is 1.37. The lowest BCUT2D eigenvalue weighted by atomic mass is 10.1. The Hall–Kier alpha value is 0.300. The normalized spacial score (nSPS) is 24.2. The van der Waals surface area contributed by atoms with Gasteiger partial charge in [-0.15, -0.1) is 0 Å². The average molecular weight is 252 g/mol. The molecule has 0 aromatic carbocycles. The SMILES string of the molecule is CSCC(=O)N1CCCC(Br)C1. The zero-order valence-corrected chi connectivity index (χ0v) is 9.66. The fraction of sp³-hybridized carbons (Fsp3) is 0.875. The number of hydrogen-bond donors (Lipinski definition) is 0. The lowest BCUT2D eigenvalue weighted by Gasteiger charge is -2.29. The predicted octanol–water partition coefficient (Wildman–Crippen LogP) is 1.74. The number of alkyl halides is 1. The Balaban J connectivity index is 2.35. The molecule has 1 fully saturated rings. The molecule has 1 atom stereocenters. The van der Waals surface area contributed by atoms with Gasteiger partial charge in [0.25, 0.3) is 0 Å². The van der Waals surface area contributed by atoms with Crippen LogP contribution in [0.5, 0.6) is 0 Å². The maximum absolute atomic E-state index is 11.4. The van der Waals surface area contributed by atoms with Crippen LogP contribution in [0.2, 0.25) is 0 Å². The number of carbonyl (C=O) groups is 1. The minimum absolute atomic E-state index is 0.284. The molecular weight excluding hydrogens is 238 g/mol. The van der Waals surface area contributed by atoms with Crippen molar-refractivity contribution in [2.75, 3.05) is 25.1 Å². The van der Waals surface area contributed by atoms with Crippen molar-refractivity contribution in [2.24, 2.45) is 0 Å². The number of rotatable bonds is 2. The van der Waals surface area contributed by atoms with Crippen molar-refractivity contribution in [1.29, 1.82) is 0 Å². The predicted molar refractivity (Wildman–Crippen MR) is 56.9 cm³/mol. The first-order valence-electron chi connectivity index (χ1n) is 4.15. The first kappa shape index (κ1) is 10.4. The van der Waals surface area contributed by atoms with Crippen LogP contribution < -0.4 is 0 Å². The Morgan fingerprint density at radius 2 is 2.50 bits per heavy atom. The lowest BCUT2D eigenvalue weighted by molar-refractivity contribution is -0.129. The quantitative estimate of drug-likeness (QED) is 0.698. The Bertz CT molecular complexity index is 165. The van der Waals surface area contributed by atoms with E-state index in [9.17, 15) is 4.79 Å². The van der Waals surface area contributed by atoms with Gasteiger partial charge < -0.3 is 4.90 Å². The minimum Gasteiger partial charge on any atom is -0.341 e. The summed E-state index contributed by atoms with van der Waals surface area (Å²) >= 11 is 5.15. The number of piperidine rings is 1. The van der Waals surface area contributed by atoms with Crippen LogP contribution in [0.15, 0.2) is 0 Å². The molecule has 0 N–H and O–H groups in total. The Labute approximate surface area is 86.2 Å². The number of thioether (sulfide) groups is 1. The number of likely N-dealkylation sites (tertiary alicyclic amines) is 1. The van der Waals surface area contributed by atoms with E-state index >= 15 is 0 Å². The summed E-state index contributed by atoms with van der Waals surface area (Å²) in [5, 5.41) is 0. The van der Waals surface area contributed by atoms with Crippen LogP contribution in [0, 0.1) is 0 Å². The Morgan fingerprint density at radius 1 is 1.75 bits per heavy atom. The second kappa shape index (κ2) is 5.12. The van der Waals surface area contributed by atoms with Gasteiger partial charge in [0.1, 0.15) is 0 Å². The first-order valence-corrected chi connectivity index (χ1v) is 6.45. The van der Waals surface area contributed by atoms with Gasteiger partial charge >= 0.3 is 0 Å². The van der Waals surface area contributed by atoms with Crippen LogP contribution in [0.3, 0.4) is 0 Å². The van der Waals surface area contributed by atoms with E-state index in [4.69, 9.17) is 0 Å². The van der Waals surface area contributed by atoms with Gasteiger partial charge in [0.15, 0.2) is 0 Å². The van der Waals surface area contributed by atoms with Crippen molar-refractivity contribution in [3.8, 4) is 0 Å². The molecule has 0 spiro atoms. The summed E-state index contributed by atoms with van der Waals surface area (Å²) in [6, 6.07) is 0. The molecule has 1 unspecified atom stereocenters. The van der Waals surface area contributed by atoms with E-state index in [1.165, 1.54) is 6.42 Å². The van der Waals surface area contributed by atoms with E-state index in [0.717, 1.165) is 19.5 Å². The topological polar surface area (TPSA) is 20.3 Å². The molecule has 0 bridgehead atoms. The molecule has 1 aliphatic rings. The molecule has 1 aliphatic heterocycles. The van der Waals surface area contributed by atoms with Crippen LogP contribution in [-0.2, 0) is 4.79 Å². The molecular formula is C8H14BrNOS. The van der Waals surface area contributed by atoms with Crippen molar-refractivity contribution in [3.63, 3.8) is 0 Å².